The largest absolute Gasteiger partial charge is 0.481 e. The maximum atomic E-state index is 11.9. The van der Waals surface area contributed by atoms with Crippen LogP contribution in [0.15, 0.2) is 0 Å². The van der Waals surface area contributed by atoms with E-state index in [4.69, 9.17) is 10.8 Å². The predicted molar refractivity (Wildman–Crippen MR) is 56.2 cm³/mol. The number of fused-ring (bicyclic) bond motifs is 1. The van der Waals surface area contributed by atoms with Gasteiger partial charge in [-0.3, -0.25) is 14.6 Å². The number of carboxylic acid groups (broad SMARTS) is 1. The van der Waals surface area contributed by atoms with Crippen molar-refractivity contribution in [2.75, 3.05) is 19.6 Å². The van der Waals surface area contributed by atoms with Gasteiger partial charge in [0.25, 0.3) is 5.91 Å². The van der Waals surface area contributed by atoms with Crippen LogP contribution in [0.3, 0.4) is 0 Å². The highest BCUT2D eigenvalue weighted by Crippen LogP contribution is 2.21. The second kappa shape index (κ2) is 4.39. The topological polar surface area (TPSA) is 86.9 Å². The van der Waals surface area contributed by atoms with Gasteiger partial charge < -0.3 is 10.8 Å². The summed E-state index contributed by atoms with van der Waals surface area (Å²) in [7, 11) is 0. The second-order valence-corrected chi connectivity index (χ2v) is 4.45. The molecule has 3 N–H and O–H groups in total. The molecule has 0 radical (unpaired) electrons. The zero-order valence-corrected chi connectivity index (χ0v) is 9.13. The van der Waals surface area contributed by atoms with Gasteiger partial charge in [-0.05, 0) is 19.3 Å². The summed E-state index contributed by atoms with van der Waals surface area (Å²) in [6.07, 6.45) is 2.18. The number of amides is 1. The SMILES string of the molecule is N[C@H]1CCCN2CC[C@H](C(=O)O)CN2C1=O. The van der Waals surface area contributed by atoms with E-state index < -0.39 is 17.9 Å². The summed E-state index contributed by atoms with van der Waals surface area (Å²) in [6, 6.07) is -0.474. The molecule has 1 amide bonds. The standard InChI is InChI=1S/C10H17N3O3/c11-8-2-1-4-12-5-3-7(10(15)16)6-13(12)9(8)14/h7-8H,1-6,11H2,(H,15,16)/t7-,8-/m0/s1. The number of rotatable bonds is 1. The smallest absolute Gasteiger partial charge is 0.308 e. The molecule has 2 aliphatic rings. The van der Waals surface area contributed by atoms with Gasteiger partial charge in [0.05, 0.1) is 18.5 Å². The monoisotopic (exact) mass is 227 g/mol. The third-order valence-electron chi connectivity index (χ3n) is 3.32. The van der Waals surface area contributed by atoms with Gasteiger partial charge in [0.1, 0.15) is 0 Å². The molecule has 0 aromatic heterocycles. The van der Waals surface area contributed by atoms with Gasteiger partial charge in [-0.1, -0.05) is 0 Å². The number of carboxylic acids is 1. The Hall–Kier alpha value is -1.14. The van der Waals surface area contributed by atoms with Gasteiger partial charge >= 0.3 is 5.97 Å². The van der Waals surface area contributed by atoms with Gasteiger partial charge in [0.2, 0.25) is 0 Å². The molecule has 2 aliphatic heterocycles. The van der Waals surface area contributed by atoms with E-state index >= 15 is 0 Å². The van der Waals surface area contributed by atoms with Crippen LogP contribution in [0.1, 0.15) is 19.3 Å². The fourth-order valence-corrected chi connectivity index (χ4v) is 2.31. The fourth-order valence-electron chi connectivity index (χ4n) is 2.31. The molecule has 0 aliphatic carbocycles. The number of hydrazine groups is 1. The first kappa shape index (κ1) is 11.3. The van der Waals surface area contributed by atoms with Crippen molar-refractivity contribution < 1.29 is 14.7 Å². The predicted octanol–water partition coefficient (Wildman–Crippen LogP) is -0.742. The van der Waals surface area contributed by atoms with Crippen molar-refractivity contribution in [3.63, 3.8) is 0 Å². The summed E-state index contributed by atoms with van der Waals surface area (Å²) >= 11 is 0. The lowest BCUT2D eigenvalue weighted by Crippen LogP contribution is -2.56. The lowest BCUT2D eigenvalue weighted by atomic mass is 10.0. The molecule has 6 heteroatoms. The van der Waals surface area contributed by atoms with E-state index in [1.807, 2.05) is 5.01 Å². The third kappa shape index (κ3) is 2.03. The van der Waals surface area contributed by atoms with Crippen molar-refractivity contribution in [1.82, 2.24) is 10.0 Å². The Kier molecular flexibility index (Phi) is 3.11. The molecule has 2 atom stereocenters. The summed E-state index contributed by atoms with van der Waals surface area (Å²) in [5.74, 6) is -1.42. The van der Waals surface area contributed by atoms with Crippen LogP contribution in [-0.4, -0.2) is 52.7 Å². The van der Waals surface area contributed by atoms with Crippen LogP contribution in [-0.2, 0) is 9.59 Å². The Balaban J connectivity index is 2.12. The van der Waals surface area contributed by atoms with E-state index in [0.717, 1.165) is 13.0 Å². The molecule has 0 aromatic rings. The Morgan fingerprint density at radius 2 is 2.12 bits per heavy atom. The molecule has 2 fully saturated rings. The summed E-state index contributed by atoms with van der Waals surface area (Å²) < 4.78 is 0. The number of hydrogen-bond acceptors (Lipinski definition) is 4. The highest BCUT2D eigenvalue weighted by molar-refractivity contribution is 5.82. The van der Waals surface area contributed by atoms with Gasteiger partial charge in [0.15, 0.2) is 0 Å². The number of carbonyl (C=O) groups is 2. The molecular weight excluding hydrogens is 210 g/mol. The minimum Gasteiger partial charge on any atom is -0.481 e. The molecule has 2 rings (SSSR count). The highest BCUT2D eigenvalue weighted by atomic mass is 16.4. The second-order valence-electron chi connectivity index (χ2n) is 4.45. The van der Waals surface area contributed by atoms with E-state index in [-0.39, 0.29) is 12.5 Å². The van der Waals surface area contributed by atoms with E-state index in [2.05, 4.69) is 0 Å². The molecule has 0 aromatic carbocycles. The summed E-state index contributed by atoms with van der Waals surface area (Å²) in [6.45, 7) is 1.70. The zero-order chi connectivity index (χ0) is 11.7. The Bertz CT molecular complexity index is 308. The molecule has 0 unspecified atom stereocenters. The van der Waals surface area contributed by atoms with Crippen molar-refractivity contribution in [3.05, 3.63) is 0 Å². The molecule has 0 bridgehead atoms. The first-order valence-corrected chi connectivity index (χ1v) is 5.64. The third-order valence-corrected chi connectivity index (χ3v) is 3.32. The van der Waals surface area contributed by atoms with Crippen LogP contribution < -0.4 is 5.73 Å². The average Bonchev–Trinajstić information content (AvgIpc) is 2.40. The lowest BCUT2D eigenvalue weighted by molar-refractivity contribution is -0.162. The summed E-state index contributed by atoms with van der Waals surface area (Å²) in [5.41, 5.74) is 5.74. The van der Waals surface area contributed by atoms with Crippen molar-refractivity contribution in [2.45, 2.75) is 25.3 Å². The number of carbonyl (C=O) groups excluding carboxylic acids is 1. The van der Waals surface area contributed by atoms with Crippen molar-refractivity contribution in [1.29, 1.82) is 0 Å². The number of hydrogen-bond donors (Lipinski definition) is 2. The average molecular weight is 227 g/mol. The first-order valence-electron chi connectivity index (χ1n) is 5.64. The number of nitrogens with two attached hydrogens (primary N) is 1. The Morgan fingerprint density at radius 3 is 2.81 bits per heavy atom. The van der Waals surface area contributed by atoms with Gasteiger partial charge in [-0.15, -0.1) is 0 Å². The van der Waals surface area contributed by atoms with Gasteiger partial charge in [0, 0.05) is 13.1 Å². The summed E-state index contributed by atoms with van der Waals surface area (Å²) in [5, 5.41) is 12.4. The van der Waals surface area contributed by atoms with Crippen LogP contribution in [0.25, 0.3) is 0 Å². The Labute approximate surface area is 94.0 Å². The van der Waals surface area contributed by atoms with E-state index in [1.54, 1.807) is 5.01 Å². The fraction of sp³-hybridized carbons (Fsp3) is 0.800. The van der Waals surface area contributed by atoms with E-state index in [1.165, 1.54) is 0 Å². The number of nitrogens with zero attached hydrogens (tertiary/aromatic N) is 2. The molecular formula is C10H17N3O3. The quantitative estimate of drug-likeness (QED) is 0.616. The molecule has 2 heterocycles. The normalized spacial score (nSPS) is 32.1. The van der Waals surface area contributed by atoms with Crippen LogP contribution in [0.5, 0.6) is 0 Å². The molecule has 0 spiro atoms. The van der Waals surface area contributed by atoms with E-state index in [0.29, 0.717) is 19.4 Å². The van der Waals surface area contributed by atoms with Crippen molar-refractivity contribution in [2.24, 2.45) is 11.7 Å². The molecule has 6 nitrogen and oxygen atoms in total. The minimum absolute atomic E-state index is 0.136. The van der Waals surface area contributed by atoms with Crippen LogP contribution in [0, 0.1) is 5.92 Å². The van der Waals surface area contributed by atoms with Crippen molar-refractivity contribution in [3.8, 4) is 0 Å². The zero-order valence-electron chi connectivity index (χ0n) is 9.13. The Morgan fingerprint density at radius 1 is 1.38 bits per heavy atom. The highest BCUT2D eigenvalue weighted by Gasteiger charge is 2.36. The number of aliphatic carboxylic acids is 1. The molecule has 90 valence electrons. The van der Waals surface area contributed by atoms with Gasteiger partial charge in [-0.25, -0.2) is 5.01 Å². The lowest BCUT2D eigenvalue weighted by Gasteiger charge is -2.40. The van der Waals surface area contributed by atoms with Gasteiger partial charge in [-0.2, -0.15) is 0 Å². The van der Waals surface area contributed by atoms with E-state index in [9.17, 15) is 9.59 Å². The molecule has 0 saturated carbocycles. The molecule has 2 saturated heterocycles. The first-order chi connectivity index (χ1) is 7.59. The van der Waals surface area contributed by atoms with Crippen molar-refractivity contribution >= 4 is 11.9 Å². The minimum atomic E-state index is -0.828. The maximum absolute atomic E-state index is 11.9. The summed E-state index contributed by atoms with van der Waals surface area (Å²) in [4.78, 5) is 22.8. The van der Waals surface area contributed by atoms with Crippen LogP contribution in [0.2, 0.25) is 0 Å². The maximum Gasteiger partial charge on any atom is 0.308 e. The van der Waals surface area contributed by atoms with Crippen LogP contribution >= 0.6 is 0 Å². The van der Waals surface area contributed by atoms with Crippen LogP contribution in [0.4, 0.5) is 0 Å². The molecule has 16 heavy (non-hydrogen) atoms.